The number of carboxylic acids is 1. The Hall–Kier alpha value is -3.10. The summed E-state index contributed by atoms with van der Waals surface area (Å²) in [6.45, 7) is 0.718. The summed E-state index contributed by atoms with van der Waals surface area (Å²) < 4.78 is 66.8. The van der Waals surface area contributed by atoms with Crippen molar-refractivity contribution in [3.8, 4) is 10.4 Å². The second-order valence-corrected chi connectivity index (χ2v) is 13.0. The summed E-state index contributed by atoms with van der Waals surface area (Å²) in [6.07, 6.45) is 0.990. The third kappa shape index (κ3) is 5.70. The number of thiazole rings is 1. The summed E-state index contributed by atoms with van der Waals surface area (Å²) in [7, 11) is -4.62. The molecule has 2 aliphatic carbocycles. The predicted octanol–water partition coefficient (Wildman–Crippen LogP) is 4.52. The highest BCUT2D eigenvalue weighted by atomic mass is 32.2. The monoisotopic (exact) mass is 596 g/mol. The standard InChI is InChI=1S/C26H27F3N4O5S2/c1-13(26(27,28)29)33-40(37,38)24-18-8-3-2-7-17(18)19(12-30-24)21-20(9-14-5-4-6-14)32-23(39-21)22(34)31-16-10-15(11-16)25(35)36/h2-3,7-8,12-16,33H,4-6,9-11H2,1H3,(H,31,34)(H,35,36)/t13-,15-,16-/m0/s1. The van der Waals surface area contributed by atoms with Crippen LogP contribution in [0.2, 0.25) is 0 Å². The molecule has 2 fully saturated rings. The molecule has 2 saturated carbocycles. The highest BCUT2D eigenvalue weighted by Crippen LogP contribution is 2.40. The van der Waals surface area contributed by atoms with E-state index in [1.165, 1.54) is 12.3 Å². The van der Waals surface area contributed by atoms with Gasteiger partial charge in [0.25, 0.3) is 15.9 Å². The van der Waals surface area contributed by atoms with Crippen molar-refractivity contribution in [3.05, 3.63) is 41.2 Å². The number of halogens is 3. The quantitative estimate of drug-likeness (QED) is 0.330. The molecule has 0 bridgehead atoms. The Morgan fingerprint density at radius 3 is 2.45 bits per heavy atom. The average Bonchev–Trinajstić information content (AvgIpc) is 3.25. The fraction of sp³-hybridized carbons (Fsp3) is 0.462. The minimum Gasteiger partial charge on any atom is -0.481 e. The molecule has 0 spiro atoms. The first-order valence-electron chi connectivity index (χ1n) is 12.8. The van der Waals surface area contributed by atoms with E-state index < -0.39 is 45.1 Å². The SMILES string of the molecule is C[C@H](NS(=O)(=O)c1ncc(-c2sc(C(=O)N[C@H]3C[C@H](C(=O)O)C3)nc2CC2CCC2)c2ccccc12)C(F)(F)F. The van der Waals surface area contributed by atoms with Crippen molar-refractivity contribution < 1.29 is 36.3 Å². The van der Waals surface area contributed by atoms with Crippen LogP contribution in [0, 0.1) is 11.8 Å². The molecule has 0 unspecified atom stereocenters. The Bertz CT molecular complexity index is 1560. The number of benzene rings is 1. The molecular weight excluding hydrogens is 569 g/mol. The van der Waals surface area contributed by atoms with Gasteiger partial charge in [0.2, 0.25) is 0 Å². The smallest absolute Gasteiger partial charge is 0.404 e. The summed E-state index contributed by atoms with van der Waals surface area (Å²) in [5.41, 5.74) is 1.20. The molecule has 3 N–H and O–H groups in total. The summed E-state index contributed by atoms with van der Waals surface area (Å²) >= 11 is 1.13. The number of aliphatic carboxylic acids is 1. The van der Waals surface area contributed by atoms with Gasteiger partial charge in [-0.15, -0.1) is 11.3 Å². The van der Waals surface area contributed by atoms with Crippen molar-refractivity contribution in [2.75, 3.05) is 0 Å². The van der Waals surface area contributed by atoms with Crippen molar-refractivity contribution in [3.63, 3.8) is 0 Å². The Kier molecular flexibility index (Phi) is 7.61. The van der Waals surface area contributed by atoms with E-state index in [0.29, 0.717) is 46.7 Å². The van der Waals surface area contributed by atoms with Gasteiger partial charge in [0.15, 0.2) is 10.0 Å². The molecule has 9 nitrogen and oxygen atoms in total. The molecule has 0 aliphatic heterocycles. The second kappa shape index (κ2) is 10.7. The van der Waals surface area contributed by atoms with E-state index in [9.17, 15) is 31.2 Å². The van der Waals surface area contributed by atoms with Gasteiger partial charge in [-0.1, -0.05) is 43.5 Å². The van der Waals surface area contributed by atoms with Crippen LogP contribution >= 0.6 is 11.3 Å². The lowest BCUT2D eigenvalue weighted by Gasteiger charge is -2.32. The number of alkyl halides is 3. The first-order valence-corrected chi connectivity index (χ1v) is 15.1. The molecule has 0 saturated heterocycles. The normalized spacial score (nSPS) is 20.5. The van der Waals surface area contributed by atoms with Gasteiger partial charge in [0.1, 0.15) is 6.04 Å². The van der Waals surface area contributed by atoms with Crippen LogP contribution in [0.15, 0.2) is 35.5 Å². The molecule has 0 radical (unpaired) electrons. The predicted molar refractivity (Wildman–Crippen MR) is 141 cm³/mol. The van der Waals surface area contributed by atoms with Gasteiger partial charge in [0.05, 0.1) is 16.5 Å². The molecule has 40 heavy (non-hydrogen) atoms. The lowest BCUT2D eigenvalue weighted by Crippen LogP contribution is -2.46. The number of sulfonamides is 1. The summed E-state index contributed by atoms with van der Waals surface area (Å²) in [5, 5.41) is 12.2. The maximum Gasteiger partial charge on any atom is 0.404 e. The van der Waals surface area contributed by atoms with Gasteiger partial charge in [-0.25, -0.2) is 18.4 Å². The van der Waals surface area contributed by atoms with Gasteiger partial charge in [-0.3, -0.25) is 9.59 Å². The molecular formula is C26H27F3N4O5S2. The summed E-state index contributed by atoms with van der Waals surface area (Å²) in [4.78, 5) is 33.5. The largest absolute Gasteiger partial charge is 0.481 e. The average molecular weight is 597 g/mol. The molecule has 214 valence electrons. The number of amides is 1. The molecule has 5 rings (SSSR count). The number of hydrogen-bond acceptors (Lipinski definition) is 7. The van der Waals surface area contributed by atoms with Crippen molar-refractivity contribution >= 4 is 44.0 Å². The molecule has 14 heteroatoms. The van der Waals surface area contributed by atoms with E-state index in [1.54, 1.807) is 22.9 Å². The maximum absolute atomic E-state index is 13.1. The lowest BCUT2D eigenvalue weighted by molar-refractivity contribution is -0.147. The van der Waals surface area contributed by atoms with E-state index in [2.05, 4.69) is 15.3 Å². The molecule has 3 aromatic rings. The van der Waals surface area contributed by atoms with Crippen LogP contribution in [-0.4, -0.2) is 53.6 Å². The van der Waals surface area contributed by atoms with Crippen LogP contribution in [0.3, 0.4) is 0 Å². The molecule has 2 heterocycles. The van der Waals surface area contributed by atoms with Crippen LogP contribution in [0.1, 0.15) is 54.5 Å². The van der Waals surface area contributed by atoms with Crippen LogP contribution in [0.5, 0.6) is 0 Å². The molecule has 2 aliphatic rings. The first-order chi connectivity index (χ1) is 18.8. The zero-order valence-electron chi connectivity index (χ0n) is 21.4. The Morgan fingerprint density at radius 2 is 1.85 bits per heavy atom. The number of fused-ring (bicyclic) bond motifs is 1. The number of carboxylic acid groups (broad SMARTS) is 1. The van der Waals surface area contributed by atoms with Gasteiger partial charge in [0, 0.05) is 23.2 Å². The number of hydrogen-bond donors (Lipinski definition) is 3. The third-order valence-electron chi connectivity index (χ3n) is 7.50. The summed E-state index contributed by atoms with van der Waals surface area (Å²) in [6, 6.07) is 3.83. The number of aromatic nitrogens is 2. The lowest BCUT2D eigenvalue weighted by atomic mass is 9.80. The van der Waals surface area contributed by atoms with E-state index in [1.807, 2.05) is 0 Å². The Balaban J connectivity index is 1.51. The number of carbonyl (C=O) groups is 2. The fourth-order valence-corrected chi connectivity index (χ4v) is 7.26. The van der Waals surface area contributed by atoms with Gasteiger partial charge in [-0.05, 0) is 37.5 Å². The highest BCUT2D eigenvalue weighted by Gasteiger charge is 2.40. The first kappa shape index (κ1) is 28.4. The number of nitrogens with one attached hydrogen (secondary N) is 2. The Morgan fingerprint density at radius 1 is 1.18 bits per heavy atom. The van der Waals surface area contributed by atoms with E-state index in [-0.39, 0.29) is 16.4 Å². The van der Waals surface area contributed by atoms with E-state index >= 15 is 0 Å². The van der Waals surface area contributed by atoms with E-state index in [0.717, 1.165) is 37.5 Å². The number of pyridine rings is 1. The number of carbonyl (C=O) groups excluding carboxylic acids is 1. The summed E-state index contributed by atoms with van der Waals surface area (Å²) in [5.74, 6) is -1.39. The highest BCUT2D eigenvalue weighted by molar-refractivity contribution is 7.89. The fourth-order valence-electron chi connectivity index (χ4n) is 4.87. The van der Waals surface area contributed by atoms with E-state index in [4.69, 9.17) is 5.11 Å². The number of rotatable bonds is 9. The molecule has 1 amide bonds. The zero-order valence-corrected chi connectivity index (χ0v) is 23.0. The topological polar surface area (TPSA) is 138 Å². The van der Waals surface area contributed by atoms with Gasteiger partial charge < -0.3 is 10.4 Å². The zero-order chi connectivity index (χ0) is 28.8. The number of nitrogens with zero attached hydrogens (tertiary/aromatic N) is 2. The van der Waals surface area contributed by atoms with Crippen molar-refractivity contribution in [2.45, 2.75) is 68.7 Å². The second-order valence-electron chi connectivity index (χ2n) is 10.4. The van der Waals surface area contributed by atoms with Gasteiger partial charge >= 0.3 is 12.1 Å². The van der Waals surface area contributed by atoms with Crippen LogP contribution in [-0.2, 0) is 21.2 Å². The van der Waals surface area contributed by atoms with Crippen LogP contribution < -0.4 is 10.0 Å². The molecule has 2 aromatic heterocycles. The van der Waals surface area contributed by atoms with Gasteiger partial charge in [-0.2, -0.15) is 17.9 Å². The Labute approximate surface area is 232 Å². The minimum atomic E-state index is -4.77. The van der Waals surface area contributed by atoms with Crippen molar-refractivity contribution in [1.29, 1.82) is 0 Å². The maximum atomic E-state index is 13.1. The third-order valence-corrected chi connectivity index (χ3v) is 10.1. The molecule has 1 atom stereocenters. The van der Waals surface area contributed by atoms with Crippen LogP contribution in [0.25, 0.3) is 21.2 Å². The minimum absolute atomic E-state index is 0.144. The molecule has 1 aromatic carbocycles. The van der Waals surface area contributed by atoms with Crippen LogP contribution in [0.4, 0.5) is 13.2 Å². The van der Waals surface area contributed by atoms with Crippen molar-refractivity contribution in [1.82, 2.24) is 20.0 Å². The van der Waals surface area contributed by atoms with Crippen molar-refractivity contribution in [2.24, 2.45) is 11.8 Å².